The van der Waals surface area contributed by atoms with Crippen molar-refractivity contribution in [2.24, 2.45) is 5.41 Å². The first kappa shape index (κ1) is 20.0. The molecule has 0 atom stereocenters. The van der Waals surface area contributed by atoms with Gasteiger partial charge in [-0.1, -0.05) is 0 Å². The molecule has 9 heteroatoms. The van der Waals surface area contributed by atoms with Gasteiger partial charge >= 0.3 is 6.61 Å². The Hall–Kier alpha value is -1.29. The zero-order valence-corrected chi connectivity index (χ0v) is 16.5. The van der Waals surface area contributed by atoms with Gasteiger partial charge in [-0.2, -0.15) is 13.1 Å². The second-order valence-electron chi connectivity index (χ2n) is 8.00. The molecule has 0 radical (unpaired) electrons. The fourth-order valence-electron chi connectivity index (χ4n) is 4.58. The third-order valence-corrected chi connectivity index (χ3v) is 8.17. The summed E-state index contributed by atoms with van der Waals surface area (Å²) in [6, 6.07) is 5.79. The van der Waals surface area contributed by atoms with Gasteiger partial charge in [-0.15, -0.1) is 0 Å². The molecule has 156 valence electrons. The molecule has 3 saturated heterocycles. The molecule has 6 nitrogen and oxygen atoms in total. The van der Waals surface area contributed by atoms with Crippen molar-refractivity contribution in [2.45, 2.75) is 43.2 Å². The number of alkyl halides is 2. The number of ether oxygens (including phenoxy) is 2. The fourth-order valence-corrected chi connectivity index (χ4v) is 6.02. The largest absolute Gasteiger partial charge is 0.435 e. The molecule has 4 rings (SSSR count). The van der Waals surface area contributed by atoms with Gasteiger partial charge < -0.3 is 9.47 Å². The number of rotatable bonds is 5. The molecule has 1 aromatic carbocycles. The van der Waals surface area contributed by atoms with Gasteiger partial charge in [-0.25, -0.2) is 8.42 Å². The van der Waals surface area contributed by atoms with Crippen LogP contribution in [-0.4, -0.2) is 69.7 Å². The van der Waals surface area contributed by atoms with Crippen LogP contribution in [0, 0.1) is 5.41 Å². The summed E-state index contributed by atoms with van der Waals surface area (Å²) in [6.07, 6.45) is 3.89. The van der Waals surface area contributed by atoms with Crippen molar-refractivity contribution in [3.8, 4) is 5.75 Å². The third-order valence-electron chi connectivity index (χ3n) is 6.25. The van der Waals surface area contributed by atoms with Gasteiger partial charge in [0.15, 0.2) is 0 Å². The number of hydrogen-bond acceptors (Lipinski definition) is 5. The third kappa shape index (κ3) is 4.03. The minimum absolute atomic E-state index is 0.0470. The molecule has 0 aromatic heterocycles. The Morgan fingerprint density at radius 3 is 2.25 bits per heavy atom. The van der Waals surface area contributed by atoms with Gasteiger partial charge in [0.25, 0.3) is 0 Å². The molecule has 3 heterocycles. The van der Waals surface area contributed by atoms with Gasteiger partial charge in [-0.3, -0.25) is 4.90 Å². The molecule has 0 aliphatic carbocycles. The van der Waals surface area contributed by atoms with Crippen molar-refractivity contribution in [1.29, 1.82) is 0 Å². The molecule has 0 saturated carbocycles. The van der Waals surface area contributed by atoms with E-state index in [1.807, 2.05) is 0 Å². The Morgan fingerprint density at radius 1 is 1.07 bits per heavy atom. The van der Waals surface area contributed by atoms with Crippen LogP contribution in [0.5, 0.6) is 5.75 Å². The van der Waals surface area contributed by atoms with Crippen molar-refractivity contribution in [3.05, 3.63) is 24.3 Å². The Balaban J connectivity index is 1.33. The number of piperidine rings is 1. The number of hydrogen-bond donors (Lipinski definition) is 0. The van der Waals surface area contributed by atoms with Crippen LogP contribution in [0.1, 0.15) is 25.7 Å². The highest BCUT2D eigenvalue weighted by molar-refractivity contribution is 7.89. The SMILES string of the molecule is O=S(=O)(c1ccc(OC(F)F)cc1)N1CCC2(CC1)CN(C1CCOCC1)C2. The lowest BCUT2D eigenvalue weighted by Gasteiger charge is -2.56. The van der Waals surface area contributed by atoms with E-state index in [0.717, 1.165) is 52.0 Å². The smallest absolute Gasteiger partial charge is 0.387 e. The highest BCUT2D eigenvalue weighted by Crippen LogP contribution is 2.43. The van der Waals surface area contributed by atoms with Gasteiger partial charge in [0, 0.05) is 45.4 Å². The van der Waals surface area contributed by atoms with Crippen LogP contribution >= 0.6 is 0 Å². The van der Waals surface area contributed by atoms with Crippen LogP contribution in [0.3, 0.4) is 0 Å². The van der Waals surface area contributed by atoms with Crippen LogP contribution in [0.4, 0.5) is 8.78 Å². The monoisotopic (exact) mass is 416 g/mol. The van der Waals surface area contributed by atoms with Gasteiger partial charge in [0.05, 0.1) is 4.90 Å². The minimum atomic E-state index is -3.62. The molecular formula is C19H26F2N2O4S. The highest BCUT2D eigenvalue weighted by Gasteiger charge is 2.48. The summed E-state index contributed by atoms with van der Waals surface area (Å²) in [6.45, 7) is 1.83. The molecule has 0 N–H and O–H groups in total. The number of sulfonamides is 1. The van der Waals surface area contributed by atoms with Gasteiger partial charge in [0.1, 0.15) is 5.75 Å². The van der Waals surface area contributed by atoms with E-state index in [2.05, 4.69) is 9.64 Å². The lowest BCUT2D eigenvalue weighted by molar-refractivity contribution is -0.0839. The van der Waals surface area contributed by atoms with Crippen LogP contribution in [0.15, 0.2) is 29.2 Å². The molecule has 3 aliphatic rings. The van der Waals surface area contributed by atoms with E-state index in [0.29, 0.717) is 19.1 Å². The Kier molecular flexibility index (Phi) is 5.61. The molecule has 0 unspecified atom stereocenters. The van der Waals surface area contributed by atoms with Crippen LogP contribution in [0.2, 0.25) is 0 Å². The van der Waals surface area contributed by atoms with Gasteiger partial charge in [-0.05, 0) is 55.4 Å². The maximum Gasteiger partial charge on any atom is 0.387 e. The van der Waals surface area contributed by atoms with E-state index >= 15 is 0 Å². The number of halogens is 2. The number of benzene rings is 1. The van der Waals surface area contributed by atoms with Crippen molar-refractivity contribution in [1.82, 2.24) is 9.21 Å². The standard InChI is InChI=1S/C19H26F2N2O4S/c20-18(21)27-16-1-3-17(4-2-16)28(24,25)23-9-7-19(8-10-23)13-22(14-19)15-5-11-26-12-6-15/h1-4,15,18H,5-14H2. The average Bonchev–Trinajstić information content (AvgIpc) is 2.67. The minimum Gasteiger partial charge on any atom is -0.435 e. The summed E-state index contributed by atoms with van der Waals surface area (Å²) >= 11 is 0. The molecule has 3 fully saturated rings. The van der Waals surface area contributed by atoms with E-state index in [-0.39, 0.29) is 16.1 Å². The summed E-state index contributed by atoms with van der Waals surface area (Å²) < 4.78 is 61.4. The summed E-state index contributed by atoms with van der Waals surface area (Å²) in [5.41, 5.74) is 0.235. The first-order valence-electron chi connectivity index (χ1n) is 9.75. The summed E-state index contributed by atoms with van der Waals surface area (Å²) in [4.78, 5) is 2.64. The first-order valence-corrected chi connectivity index (χ1v) is 11.2. The molecule has 1 aromatic rings. The quantitative estimate of drug-likeness (QED) is 0.738. The van der Waals surface area contributed by atoms with E-state index in [1.165, 1.54) is 28.6 Å². The molecule has 28 heavy (non-hydrogen) atoms. The van der Waals surface area contributed by atoms with Gasteiger partial charge in [0.2, 0.25) is 10.0 Å². The van der Waals surface area contributed by atoms with Crippen molar-refractivity contribution in [2.75, 3.05) is 39.4 Å². The molecule has 0 amide bonds. The molecule has 3 aliphatic heterocycles. The maximum atomic E-state index is 12.9. The molecule has 0 bridgehead atoms. The van der Waals surface area contributed by atoms with Crippen molar-refractivity contribution < 1.29 is 26.7 Å². The van der Waals surface area contributed by atoms with E-state index in [1.54, 1.807) is 0 Å². The second-order valence-corrected chi connectivity index (χ2v) is 9.94. The van der Waals surface area contributed by atoms with Crippen LogP contribution in [-0.2, 0) is 14.8 Å². The predicted molar refractivity (Wildman–Crippen MR) is 98.9 cm³/mol. The normalized spacial score (nSPS) is 24.4. The number of likely N-dealkylation sites (tertiary alicyclic amines) is 1. The topological polar surface area (TPSA) is 59.1 Å². The first-order chi connectivity index (χ1) is 13.4. The van der Waals surface area contributed by atoms with E-state index in [9.17, 15) is 17.2 Å². The average molecular weight is 416 g/mol. The van der Waals surface area contributed by atoms with E-state index < -0.39 is 16.6 Å². The Bertz CT molecular complexity index is 766. The Morgan fingerprint density at radius 2 is 1.68 bits per heavy atom. The summed E-state index contributed by atoms with van der Waals surface area (Å²) in [7, 11) is -3.62. The number of nitrogens with zero attached hydrogens (tertiary/aromatic N) is 2. The summed E-state index contributed by atoms with van der Waals surface area (Å²) in [5.74, 6) is -0.0470. The summed E-state index contributed by atoms with van der Waals surface area (Å²) in [5, 5.41) is 0. The molecule has 1 spiro atoms. The Labute approximate surface area is 164 Å². The predicted octanol–water partition coefficient (Wildman–Crippen LogP) is 2.55. The van der Waals surface area contributed by atoms with Crippen LogP contribution < -0.4 is 4.74 Å². The van der Waals surface area contributed by atoms with E-state index in [4.69, 9.17) is 4.74 Å². The zero-order valence-electron chi connectivity index (χ0n) is 15.7. The lowest BCUT2D eigenvalue weighted by atomic mass is 9.71. The zero-order chi connectivity index (χ0) is 19.8. The second kappa shape index (κ2) is 7.85. The maximum absolute atomic E-state index is 12.9. The molecular weight excluding hydrogens is 390 g/mol. The fraction of sp³-hybridized carbons (Fsp3) is 0.684. The highest BCUT2D eigenvalue weighted by atomic mass is 32.2. The van der Waals surface area contributed by atoms with Crippen molar-refractivity contribution in [3.63, 3.8) is 0 Å². The lowest BCUT2D eigenvalue weighted by Crippen LogP contribution is -2.63. The van der Waals surface area contributed by atoms with Crippen molar-refractivity contribution >= 4 is 10.0 Å². The van der Waals surface area contributed by atoms with Crippen LogP contribution in [0.25, 0.3) is 0 Å².